The number of piperazine rings is 1. The Kier molecular flexibility index (Phi) is 5.33. The molecular formula is C17H28BrN3. The predicted octanol–water partition coefficient (Wildman–Crippen LogP) is 3.48. The highest BCUT2D eigenvalue weighted by Gasteiger charge is 2.31. The molecule has 0 amide bonds. The normalized spacial score (nSPS) is 19.3. The lowest BCUT2D eigenvalue weighted by Crippen LogP contribution is -2.57. The van der Waals surface area contributed by atoms with Crippen LogP contribution in [0.3, 0.4) is 0 Å². The third-order valence-corrected chi connectivity index (χ3v) is 4.90. The quantitative estimate of drug-likeness (QED) is 0.893. The Hall–Kier alpha value is -0.580. The number of anilines is 1. The van der Waals surface area contributed by atoms with Crippen molar-refractivity contribution in [2.45, 2.75) is 45.8 Å². The van der Waals surface area contributed by atoms with E-state index in [-0.39, 0.29) is 5.54 Å². The first kappa shape index (κ1) is 16.8. The second-order valence-corrected chi connectivity index (χ2v) is 7.88. The van der Waals surface area contributed by atoms with Gasteiger partial charge in [0.2, 0.25) is 0 Å². The molecule has 0 spiro atoms. The highest BCUT2D eigenvalue weighted by molar-refractivity contribution is 9.10. The minimum Gasteiger partial charge on any atom is -0.368 e. The first-order chi connectivity index (χ1) is 9.79. The molecule has 0 saturated carbocycles. The van der Waals surface area contributed by atoms with Gasteiger partial charge in [-0.15, -0.1) is 0 Å². The maximum atomic E-state index is 3.63. The summed E-state index contributed by atoms with van der Waals surface area (Å²) in [6.07, 6.45) is 0. The second kappa shape index (κ2) is 6.67. The Bertz CT molecular complexity index is 485. The van der Waals surface area contributed by atoms with Crippen LogP contribution in [0, 0.1) is 0 Å². The van der Waals surface area contributed by atoms with Crippen LogP contribution in [0.4, 0.5) is 5.69 Å². The lowest BCUT2D eigenvalue weighted by atomic mass is 9.98. The Morgan fingerprint density at radius 1 is 1.29 bits per heavy atom. The summed E-state index contributed by atoms with van der Waals surface area (Å²) in [5.74, 6) is 0. The predicted molar refractivity (Wildman–Crippen MR) is 95.0 cm³/mol. The summed E-state index contributed by atoms with van der Waals surface area (Å²) in [6.45, 7) is 13.2. The number of likely N-dealkylation sites (N-methyl/N-ethyl adjacent to an activating group) is 1. The molecule has 0 aromatic heterocycles. The van der Waals surface area contributed by atoms with E-state index in [9.17, 15) is 0 Å². The van der Waals surface area contributed by atoms with E-state index < -0.39 is 0 Å². The van der Waals surface area contributed by atoms with Gasteiger partial charge in [0, 0.05) is 47.9 Å². The Morgan fingerprint density at radius 3 is 2.62 bits per heavy atom. The van der Waals surface area contributed by atoms with Crippen molar-refractivity contribution in [3.05, 3.63) is 28.2 Å². The number of nitrogens with one attached hydrogen (secondary N) is 1. The fraction of sp³-hybridized carbons (Fsp3) is 0.647. The van der Waals surface area contributed by atoms with Crippen molar-refractivity contribution in [1.29, 1.82) is 0 Å². The Balaban J connectivity index is 2.23. The monoisotopic (exact) mass is 353 g/mol. The van der Waals surface area contributed by atoms with Crippen LogP contribution >= 0.6 is 15.9 Å². The summed E-state index contributed by atoms with van der Waals surface area (Å²) in [5, 5.41) is 3.54. The Morgan fingerprint density at radius 2 is 2.00 bits per heavy atom. The van der Waals surface area contributed by atoms with Crippen molar-refractivity contribution >= 4 is 21.6 Å². The van der Waals surface area contributed by atoms with Crippen LogP contribution < -0.4 is 10.2 Å². The van der Waals surface area contributed by atoms with Gasteiger partial charge in [0.15, 0.2) is 0 Å². The van der Waals surface area contributed by atoms with E-state index in [1.54, 1.807) is 0 Å². The molecule has 1 aliphatic heterocycles. The highest BCUT2D eigenvalue weighted by Crippen LogP contribution is 2.30. The first-order valence-corrected chi connectivity index (χ1v) is 8.57. The molecular weight excluding hydrogens is 326 g/mol. The molecule has 1 N–H and O–H groups in total. The molecule has 1 aliphatic rings. The van der Waals surface area contributed by atoms with Crippen LogP contribution in [0.1, 0.15) is 33.3 Å². The topological polar surface area (TPSA) is 18.5 Å². The third-order valence-electron chi connectivity index (χ3n) is 4.41. The van der Waals surface area contributed by atoms with Gasteiger partial charge >= 0.3 is 0 Å². The van der Waals surface area contributed by atoms with Crippen molar-refractivity contribution in [2.24, 2.45) is 0 Å². The van der Waals surface area contributed by atoms with Crippen LogP contribution in [-0.2, 0) is 6.54 Å². The molecule has 0 unspecified atom stereocenters. The Labute approximate surface area is 137 Å². The van der Waals surface area contributed by atoms with Gasteiger partial charge in [0.25, 0.3) is 0 Å². The van der Waals surface area contributed by atoms with Gasteiger partial charge in [0.1, 0.15) is 0 Å². The number of benzene rings is 1. The summed E-state index contributed by atoms with van der Waals surface area (Å²) in [4.78, 5) is 4.98. The smallest absolute Gasteiger partial charge is 0.0424 e. The summed E-state index contributed by atoms with van der Waals surface area (Å²) in [6, 6.07) is 7.14. The molecule has 1 heterocycles. The second-order valence-electron chi connectivity index (χ2n) is 6.96. The zero-order valence-electron chi connectivity index (χ0n) is 13.9. The van der Waals surface area contributed by atoms with E-state index in [1.807, 2.05) is 0 Å². The standard InChI is InChI=1S/C17H28BrN3/c1-13(2)19-11-14-6-7-15(18)10-16(14)21-9-8-20(5)17(3,4)12-21/h6-7,10,13,19H,8-9,11-12H2,1-5H3. The van der Waals surface area contributed by atoms with Gasteiger partial charge in [-0.3, -0.25) is 4.90 Å². The van der Waals surface area contributed by atoms with Crippen LogP contribution in [0.5, 0.6) is 0 Å². The number of hydrogen-bond donors (Lipinski definition) is 1. The van der Waals surface area contributed by atoms with E-state index in [4.69, 9.17) is 0 Å². The largest absolute Gasteiger partial charge is 0.368 e. The number of hydrogen-bond acceptors (Lipinski definition) is 3. The molecule has 1 aromatic carbocycles. The van der Waals surface area contributed by atoms with E-state index in [2.05, 4.69) is 84.0 Å². The molecule has 0 atom stereocenters. The highest BCUT2D eigenvalue weighted by atomic mass is 79.9. The maximum absolute atomic E-state index is 3.63. The van der Waals surface area contributed by atoms with E-state index in [0.717, 1.165) is 30.7 Å². The third kappa shape index (κ3) is 4.21. The summed E-state index contributed by atoms with van der Waals surface area (Å²) in [5.41, 5.74) is 2.95. The minimum atomic E-state index is 0.212. The maximum Gasteiger partial charge on any atom is 0.0424 e. The molecule has 21 heavy (non-hydrogen) atoms. The summed E-state index contributed by atoms with van der Waals surface area (Å²) < 4.78 is 1.16. The van der Waals surface area contributed by atoms with Crippen molar-refractivity contribution in [2.75, 3.05) is 31.6 Å². The van der Waals surface area contributed by atoms with Crippen LogP contribution in [0.15, 0.2) is 22.7 Å². The fourth-order valence-electron chi connectivity index (χ4n) is 2.74. The van der Waals surface area contributed by atoms with Crippen molar-refractivity contribution in [3.8, 4) is 0 Å². The molecule has 0 radical (unpaired) electrons. The minimum absolute atomic E-state index is 0.212. The number of nitrogens with zero attached hydrogens (tertiary/aromatic N) is 2. The zero-order valence-corrected chi connectivity index (χ0v) is 15.5. The number of halogens is 1. The van der Waals surface area contributed by atoms with Crippen LogP contribution in [0.25, 0.3) is 0 Å². The van der Waals surface area contributed by atoms with Gasteiger partial charge in [-0.2, -0.15) is 0 Å². The van der Waals surface area contributed by atoms with Gasteiger partial charge in [0.05, 0.1) is 0 Å². The van der Waals surface area contributed by atoms with Crippen molar-refractivity contribution < 1.29 is 0 Å². The molecule has 0 aliphatic carbocycles. The first-order valence-electron chi connectivity index (χ1n) is 7.77. The van der Waals surface area contributed by atoms with E-state index in [1.165, 1.54) is 11.3 Å². The fourth-order valence-corrected chi connectivity index (χ4v) is 3.09. The average molecular weight is 354 g/mol. The molecule has 1 saturated heterocycles. The molecule has 3 nitrogen and oxygen atoms in total. The molecule has 4 heteroatoms. The van der Waals surface area contributed by atoms with Gasteiger partial charge in [-0.25, -0.2) is 0 Å². The average Bonchev–Trinajstić information content (AvgIpc) is 2.40. The molecule has 1 aromatic rings. The van der Waals surface area contributed by atoms with E-state index in [0.29, 0.717) is 6.04 Å². The lowest BCUT2D eigenvalue weighted by molar-refractivity contribution is 0.139. The van der Waals surface area contributed by atoms with Gasteiger partial charge < -0.3 is 10.2 Å². The lowest BCUT2D eigenvalue weighted by Gasteiger charge is -2.46. The molecule has 1 fully saturated rings. The van der Waals surface area contributed by atoms with Crippen LogP contribution in [0.2, 0.25) is 0 Å². The van der Waals surface area contributed by atoms with E-state index >= 15 is 0 Å². The van der Waals surface area contributed by atoms with Crippen molar-refractivity contribution in [1.82, 2.24) is 10.2 Å². The van der Waals surface area contributed by atoms with Crippen LogP contribution in [-0.4, -0.2) is 43.2 Å². The van der Waals surface area contributed by atoms with Crippen molar-refractivity contribution in [3.63, 3.8) is 0 Å². The SMILES string of the molecule is CC(C)NCc1ccc(Br)cc1N1CCN(C)C(C)(C)C1. The van der Waals surface area contributed by atoms with Gasteiger partial charge in [-0.1, -0.05) is 35.8 Å². The van der Waals surface area contributed by atoms with Gasteiger partial charge in [-0.05, 0) is 38.6 Å². The molecule has 118 valence electrons. The molecule has 0 bridgehead atoms. The number of rotatable bonds is 4. The zero-order chi connectivity index (χ0) is 15.6. The summed E-state index contributed by atoms with van der Waals surface area (Å²) in [7, 11) is 2.22. The molecule has 2 rings (SSSR count). The summed E-state index contributed by atoms with van der Waals surface area (Å²) >= 11 is 3.63.